The lowest BCUT2D eigenvalue weighted by molar-refractivity contribution is -0.0510. The van der Waals surface area contributed by atoms with Crippen LogP contribution in [0.15, 0.2) is 36.5 Å². The maximum atomic E-state index is 9.78. The molecule has 1 fully saturated rings. The number of hydrogen-bond acceptors (Lipinski definition) is 3. The van der Waals surface area contributed by atoms with E-state index in [-0.39, 0.29) is 11.5 Å². The van der Waals surface area contributed by atoms with Gasteiger partial charge in [-0.2, -0.15) is 0 Å². The number of aliphatic hydroxyl groups excluding tert-OH is 1. The summed E-state index contributed by atoms with van der Waals surface area (Å²) in [4.78, 5) is 4.43. The zero-order valence-electron chi connectivity index (χ0n) is 10.7. The first kappa shape index (κ1) is 11.5. The van der Waals surface area contributed by atoms with Crippen molar-refractivity contribution in [3.05, 3.63) is 36.5 Å². The Morgan fingerprint density at radius 3 is 2.78 bits per heavy atom. The monoisotopic (exact) mass is 242 g/mol. The highest BCUT2D eigenvalue weighted by Gasteiger charge is 2.47. The summed E-state index contributed by atoms with van der Waals surface area (Å²) in [6.45, 7) is 4.19. The minimum Gasteiger partial charge on any atom is -0.392 e. The van der Waals surface area contributed by atoms with E-state index in [1.54, 1.807) is 0 Å². The number of rotatable bonds is 2. The number of aliphatic hydroxyl groups is 1. The fraction of sp³-hybridized carbons (Fsp3) is 0.400. The van der Waals surface area contributed by atoms with Crippen LogP contribution in [0.25, 0.3) is 10.9 Å². The highest BCUT2D eigenvalue weighted by atomic mass is 16.3. The van der Waals surface area contributed by atoms with Crippen LogP contribution in [0, 0.1) is 5.41 Å². The highest BCUT2D eigenvalue weighted by molar-refractivity contribution is 5.90. The van der Waals surface area contributed by atoms with Gasteiger partial charge in [-0.05, 0) is 18.6 Å². The number of para-hydroxylation sites is 1. The molecule has 2 atom stereocenters. The molecule has 0 amide bonds. The lowest BCUT2D eigenvalue weighted by atomic mass is 9.64. The van der Waals surface area contributed by atoms with E-state index in [0.29, 0.717) is 6.04 Å². The van der Waals surface area contributed by atoms with E-state index in [0.717, 1.165) is 23.0 Å². The van der Waals surface area contributed by atoms with Crippen molar-refractivity contribution in [3.63, 3.8) is 0 Å². The van der Waals surface area contributed by atoms with Crippen LogP contribution in [0.3, 0.4) is 0 Å². The van der Waals surface area contributed by atoms with Crippen LogP contribution in [-0.4, -0.2) is 22.2 Å². The normalized spacial score (nSPS) is 25.7. The molecule has 1 aromatic carbocycles. The van der Waals surface area contributed by atoms with Crippen molar-refractivity contribution in [1.82, 2.24) is 4.98 Å². The summed E-state index contributed by atoms with van der Waals surface area (Å²) in [5, 5.41) is 14.4. The molecule has 18 heavy (non-hydrogen) atoms. The predicted octanol–water partition coefficient (Wildman–Crippen LogP) is 2.81. The molecule has 1 heterocycles. The van der Waals surface area contributed by atoms with Gasteiger partial charge in [-0.25, -0.2) is 0 Å². The molecule has 2 N–H and O–H groups in total. The fourth-order valence-corrected chi connectivity index (χ4v) is 2.56. The molecule has 3 nitrogen and oxygen atoms in total. The smallest absolute Gasteiger partial charge is 0.0933 e. The fourth-order valence-electron chi connectivity index (χ4n) is 2.56. The Hall–Kier alpha value is -1.61. The highest BCUT2D eigenvalue weighted by Crippen LogP contribution is 2.42. The summed E-state index contributed by atoms with van der Waals surface area (Å²) < 4.78 is 0. The van der Waals surface area contributed by atoms with Crippen LogP contribution >= 0.6 is 0 Å². The second kappa shape index (κ2) is 3.95. The molecule has 0 spiro atoms. The van der Waals surface area contributed by atoms with Gasteiger partial charge in [0.25, 0.3) is 0 Å². The van der Waals surface area contributed by atoms with Crippen LogP contribution in [0.4, 0.5) is 5.69 Å². The Morgan fingerprint density at radius 1 is 1.28 bits per heavy atom. The summed E-state index contributed by atoms with van der Waals surface area (Å²) in [5.74, 6) is 0. The number of benzene rings is 1. The van der Waals surface area contributed by atoms with Gasteiger partial charge in [-0.15, -0.1) is 0 Å². The van der Waals surface area contributed by atoms with E-state index >= 15 is 0 Å². The molecule has 0 aliphatic heterocycles. The first-order chi connectivity index (χ1) is 8.59. The van der Waals surface area contributed by atoms with Crippen LogP contribution in [0.1, 0.15) is 20.3 Å². The van der Waals surface area contributed by atoms with Crippen LogP contribution < -0.4 is 5.32 Å². The molecule has 3 rings (SSSR count). The van der Waals surface area contributed by atoms with Gasteiger partial charge in [-0.3, -0.25) is 4.98 Å². The van der Waals surface area contributed by atoms with Gasteiger partial charge >= 0.3 is 0 Å². The van der Waals surface area contributed by atoms with E-state index in [4.69, 9.17) is 0 Å². The number of nitrogens with zero attached hydrogens (tertiary/aromatic N) is 1. The SMILES string of the molecule is CC1(C)C(O)CC1Nc1cccc2cccnc12. The molecule has 2 unspecified atom stereocenters. The second-order valence-corrected chi connectivity index (χ2v) is 5.65. The quantitative estimate of drug-likeness (QED) is 0.851. The maximum Gasteiger partial charge on any atom is 0.0933 e. The first-order valence-corrected chi connectivity index (χ1v) is 6.37. The molecule has 0 radical (unpaired) electrons. The lowest BCUT2D eigenvalue weighted by Crippen LogP contribution is -2.56. The maximum absolute atomic E-state index is 9.78. The minimum absolute atomic E-state index is 0.0725. The van der Waals surface area contributed by atoms with Gasteiger partial charge in [0.15, 0.2) is 0 Å². The van der Waals surface area contributed by atoms with E-state index < -0.39 is 0 Å². The van der Waals surface area contributed by atoms with Gasteiger partial charge in [0, 0.05) is 23.0 Å². The standard InChI is InChI=1S/C15H18N2O/c1-15(2)12(9-13(15)18)17-11-7-3-5-10-6-4-8-16-14(10)11/h3-8,12-13,17-18H,9H2,1-2H3. The van der Waals surface area contributed by atoms with Crippen molar-refractivity contribution in [2.45, 2.75) is 32.4 Å². The van der Waals surface area contributed by atoms with Crippen molar-refractivity contribution < 1.29 is 5.11 Å². The van der Waals surface area contributed by atoms with Crippen LogP contribution in [-0.2, 0) is 0 Å². The van der Waals surface area contributed by atoms with Crippen LogP contribution in [0.5, 0.6) is 0 Å². The largest absolute Gasteiger partial charge is 0.392 e. The zero-order chi connectivity index (χ0) is 12.8. The third kappa shape index (κ3) is 1.66. The van der Waals surface area contributed by atoms with E-state index in [9.17, 15) is 5.11 Å². The molecule has 0 saturated heterocycles. The number of fused-ring (bicyclic) bond motifs is 1. The molecule has 0 bridgehead atoms. The molecular weight excluding hydrogens is 224 g/mol. The van der Waals surface area contributed by atoms with E-state index in [2.05, 4.69) is 42.3 Å². The van der Waals surface area contributed by atoms with Gasteiger partial charge < -0.3 is 10.4 Å². The molecule has 94 valence electrons. The van der Waals surface area contributed by atoms with Crippen molar-refractivity contribution in [1.29, 1.82) is 0 Å². The predicted molar refractivity (Wildman–Crippen MR) is 73.6 cm³/mol. The van der Waals surface area contributed by atoms with Crippen molar-refractivity contribution in [2.24, 2.45) is 5.41 Å². The van der Waals surface area contributed by atoms with Gasteiger partial charge in [0.1, 0.15) is 0 Å². The Bertz CT molecular complexity index is 574. The second-order valence-electron chi connectivity index (χ2n) is 5.65. The Morgan fingerprint density at radius 2 is 2.06 bits per heavy atom. The number of anilines is 1. The average Bonchev–Trinajstić information content (AvgIpc) is 2.39. The first-order valence-electron chi connectivity index (χ1n) is 6.37. The Balaban J connectivity index is 1.92. The zero-order valence-corrected chi connectivity index (χ0v) is 10.7. The molecule has 1 aliphatic carbocycles. The van der Waals surface area contributed by atoms with Gasteiger partial charge in [0.05, 0.1) is 17.3 Å². The summed E-state index contributed by atoms with van der Waals surface area (Å²) in [6.07, 6.45) is 2.41. The molecule has 1 aliphatic rings. The Labute approximate surface area is 107 Å². The molecule has 1 aromatic heterocycles. The summed E-state index contributed by atoms with van der Waals surface area (Å²) in [5.41, 5.74) is 1.98. The number of nitrogens with one attached hydrogen (secondary N) is 1. The minimum atomic E-state index is -0.210. The van der Waals surface area contributed by atoms with Crippen LogP contribution in [0.2, 0.25) is 0 Å². The van der Waals surface area contributed by atoms with Crippen molar-refractivity contribution >= 4 is 16.6 Å². The topological polar surface area (TPSA) is 45.1 Å². The Kier molecular flexibility index (Phi) is 2.52. The van der Waals surface area contributed by atoms with Gasteiger partial charge in [0.2, 0.25) is 0 Å². The summed E-state index contributed by atoms with van der Waals surface area (Å²) in [7, 11) is 0. The molecule has 3 heteroatoms. The van der Waals surface area contributed by atoms with Crippen molar-refractivity contribution in [3.8, 4) is 0 Å². The molecule has 1 saturated carbocycles. The average molecular weight is 242 g/mol. The number of aromatic nitrogens is 1. The molecular formula is C15H18N2O. The van der Waals surface area contributed by atoms with Gasteiger partial charge in [-0.1, -0.05) is 32.0 Å². The molecule has 2 aromatic rings. The lowest BCUT2D eigenvalue weighted by Gasteiger charge is -2.49. The third-order valence-corrected chi connectivity index (χ3v) is 4.18. The third-order valence-electron chi connectivity index (χ3n) is 4.18. The summed E-state index contributed by atoms with van der Waals surface area (Å²) >= 11 is 0. The van der Waals surface area contributed by atoms with Crippen molar-refractivity contribution in [2.75, 3.05) is 5.32 Å². The summed E-state index contributed by atoms with van der Waals surface area (Å²) in [6, 6.07) is 10.5. The van der Waals surface area contributed by atoms with E-state index in [1.807, 2.05) is 18.3 Å². The van der Waals surface area contributed by atoms with E-state index in [1.165, 1.54) is 0 Å². The number of hydrogen-bond donors (Lipinski definition) is 2. The number of pyridine rings is 1.